The van der Waals surface area contributed by atoms with Crippen LogP contribution in [0.3, 0.4) is 0 Å². The zero-order valence-corrected chi connectivity index (χ0v) is 12.1. The number of imidazole rings is 1. The number of hydrogen-bond acceptors (Lipinski definition) is 5. The molecule has 1 N–H and O–H groups in total. The molecule has 0 aliphatic heterocycles. The van der Waals surface area contributed by atoms with Crippen LogP contribution in [0, 0.1) is 0 Å². The van der Waals surface area contributed by atoms with Crippen LogP contribution in [0.15, 0.2) is 48.4 Å². The molecule has 0 saturated heterocycles. The van der Waals surface area contributed by atoms with Crippen LogP contribution in [-0.4, -0.2) is 37.9 Å². The maximum atomic E-state index is 10.4. The zero-order valence-electron chi connectivity index (χ0n) is 12.1. The second-order valence-electron chi connectivity index (χ2n) is 4.70. The van der Waals surface area contributed by atoms with E-state index < -0.39 is 5.97 Å². The Morgan fingerprint density at radius 1 is 1.32 bits per heavy atom. The molecule has 0 spiro atoms. The number of oxime groups is 1. The van der Waals surface area contributed by atoms with E-state index in [9.17, 15) is 4.79 Å². The number of carbonyl (C=O) groups is 1. The molecular formula is C15H18N4O3. The standard InChI is InChI=1S/C15H18N4O3/c20-15(21)5-1-2-9-22-18-14(11-19-8-7-17-12-19)13-4-3-6-16-10-13/h3-4,6-8,10,12H,1-2,5,9,11H2,(H,20,21)/b18-14+. The number of unbranched alkanes of at least 4 members (excludes halogenated alkanes) is 1. The first kappa shape index (κ1) is 15.7. The summed E-state index contributed by atoms with van der Waals surface area (Å²) in [4.78, 5) is 23.8. The van der Waals surface area contributed by atoms with Gasteiger partial charge < -0.3 is 14.5 Å². The molecule has 0 saturated carbocycles. The molecule has 0 fully saturated rings. The fourth-order valence-corrected chi connectivity index (χ4v) is 1.83. The van der Waals surface area contributed by atoms with Gasteiger partial charge in [0, 0.05) is 36.8 Å². The summed E-state index contributed by atoms with van der Waals surface area (Å²) < 4.78 is 1.89. The Bertz CT molecular complexity index is 597. The first-order valence-corrected chi connectivity index (χ1v) is 7.02. The Balaban J connectivity index is 1.92. The van der Waals surface area contributed by atoms with E-state index in [0.717, 1.165) is 11.3 Å². The number of hydrogen-bond donors (Lipinski definition) is 1. The van der Waals surface area contributed by atoms with E-state index >= 15 is 0 Å². The number of carboxylic acid groups (broad SMARTS) is 1. The Morgan fingerprint density at radius 2 is 2.23 bits per heavy atom. The Morgan fingerprint density at radius 3 is 2.91 bits per heavy atom. The van der Waals surface area contributed by atoms with Gasteiger partial charge in [-0.1, -0.05) is 5.16 Å². The number of aromatic nitrogens is 3. The third kappa shape index (κ3) is 5.35. The van der Waals surface area contributed by atoms with Gasteiger partial charge in [-0.2, -0.15) is 0 Å². The number of pyridine rings is 1. The molecule has 2 aromatic rings. The zero-order chi connectivity index (χ0) is 15.6. The minimum Gasteiger partial charge on any atom is -0.481 e. The SMILES string of the molecule is O=C(O)CCCCO/N=C(\Cn1ccnc1)c1cccnc1. The maximum absolute atomic E-state index is 10.4. The summed E-state index contributed by atoms with van der Waals surface area (Å²) >= 11 is 0. The molecule has 0 unspecified atom stereocenters. The van der Waals surface area contributed by atoms with Crippen molar-refractivity contribution in [1.82, 2.24) is 14.5 Å². The number of nitrogens with zero attached hydrogens (tertiary/aromatic N) is 4. The summed E-state index contributed by atoms with van der Waals surface area (Å²) in [6.07, 6.45) is 10.1. The molecule has 2 heterocycles. The van der Waals surface area contributed by atoms with Gasteiger partial charge in [0.05, 0.1) is 12.9 Å². The van der Waals surface area contributed by atoms with E-state index in [4.69, 9.17) is 9.94 Å². The minimum absolute atomic E-state index is 0.150. The van der Waals surface area contributed by atoms with Crippen molar-refractivity contribution < 1.29 is 14.7 Å². The molecule has 0 amide bonds. The monoisotopic (exact) mass is 302 g/mol. The van der Waals surface area contributed by atoms with E-state index in [1.807, 2.05) is 22.9 Å². The van der Waals surface area contributed by atoms with E-state index in [2.05, 4.69) is 15.1 Å². The largest absolute Gasteiger partial charge is 0.481 e. The summed E-state index contributed by atoms with van der Waals surface area (Å²) in [6.45, 7) is 0.918. The molecule has 0 aliphatic carbocycles. The maximum Gasteiger partial charge on any atom is 0.303 e. The van der Waals surface area contributed by atoms with Crippen LogP contribution in [0.4, 0.5) is 0 Å². The van der Waals surface area contributed by atoms with Crippen LogP contribution in [-0.2, 0) is 16.2 Å². The molecule has 22 heavy (non-hydrogen) atoms. The van der Waals surface area contributed by atoms with E-state index in [1.165, 1.54) is 0 Å². The van der Waals surface area contributed by atoms with Crippen molar-refractivity contribution in [2.45, 2.75) is 25.8 Å². The lowest BCUT2D eigenvalue weighted by Gasteiger charge is -2.07. The lowest BCUT2D eigenvalue weighted by atomic mass is 10.2. The third-order valence-corrected chi connectivity index (χ3v) is 2.94. The smallest absolute Gasteiger partial charge is 0.303 e. The van der Waals surface area contributed by atoms with Crippen molar-refractivity contribution in [2.75, 3.05) is 6.61 Å². The fourth-order valence-electron chi connectivity index (χ4n) is 1.83. The average Bonchev–Trinajstić information content (AvgIpc) is 3.03. The molecule has 0 aromatic carbocycles. The molecule has 116 valence electrons. The highest BCUT2D eigenvalue weighted by Gasteiger charge is 2.06. The molecule has 0 bridgehead atoms. The van der Waals surface area contributed by atoms with Crippen LogP contribution in [0.25, 0.3) is 0 Å². The van der Waals surface area contributed by atoms with E-state index in [-0.39, 0.29) is 6.42 Å². The summed E-state index contributed by atoms with van der Waals surface area (Å²) in [7, 11) is 0. The Hall–Kier alpha value is -2.70. The highest BCUT2D eigenvalue weighted by atomic mass is 16.6. The first-order chi connectivity index (χ1) is 10.8. The van der Waals surface area contributed by atoms with Crippen molar-refractivity contribution in [3.05, 3.63) is 48.8 Å². The van der Waals surface area contributed by atoms with Gasteiger partial charge in [0.1, 0.15) is 12.3 Å². The lowest BCUT2D eigenvalue weighted by molar-refractivity contribution is -0.137. The predicted molar refractivity (Wildman–Crippen MR) is 80.4 cm³/mol. The number of carboxylic acids is 1. The molecule has 0 radical (unpaired) electrons. The third-order valence-electron chi connectivity index (χ3n) is 2.94. The first-order valence-electron chi connectivity index (χ1n) is 7.02. The minimum atomic E-state index is -0.792. The molecule has 7 heteroatoms. The second kappa shape index (κ2) is 8.56. The van der Waals surface area contributed by atoms with Gasteiger partial charge in [-0.25, -0.2) is 4.98 Å². The highest BCUT2D eigenvalue weighted by Crippen LogP contribution is 2.04. The normalized spacial score (nSPS) is 11.4. The molecule has 0 atom stereocenters. The second-order valence-corrected chi connectivity index (χ2v) is 4.70. The van der Waals surface area contributed by atoms with E-state index in [1.54, 1.807) is 24.9 Å². The van der Waals surface area contributed by atoms with Crippen LogP contribution in [0.5, 0.6) is 0 Å². The molecular weight excluding hydrogens is 284 g/mol. The summed E-state index contributed by atoms with van der Waals surface area (Å²) in [5, 5.41) is 12.7. The van der Waals surface area contributed by atoms with Crippen molar-refractivity contribution >= 4 is 11.7 Å². The van der Waals surface area contributed by atoms with Gasteiger partial charge in [-0.3, -0.25) is 9.78 Å². The molecule has 2 aromatic heterocycles. The Kier molecular flexibility index (Phi) is 6.10. The highest BCUT2D eigenvalue weighted by molar-refractivity contribution is 5.99. The number of rotatable bonds is 9. The fraction of sp³-hybridized carbons (Fsp3) is 0.333. The van der Waals surface area contributed by atoms with Gasteiger partial charge in [0.2, 0.25) is 0 Å². The van der Waals surface area contributed by atoms with Crippen molar-refractivity contribution in [3.63, 3.8) is 0 Å². The van der Waals surface area contributed by atoms with Crippen LogP contribution >= 0.6 is 0 Å². The van der Waals surface area contributed by atoms with Crippen LogP contribution < -0.4 is 0 Å². The predicted octanol–water partition coefficient (Wildman–Crippen LogP) is 1.95. The quantitative estimate of drug-likeness (QED) is 0.434. The van der Waals surface area contributed by atoms with Gasteiger partial charge in [0.15, 0.2) is 0 Å². The Labute approximate surface area is 128 Å². The van der Waals surface area contributed by atoms with Crippen LogP contribution in [0.1, 0.15) is 24.8 Å². The van der Waals surface area contributed by atoms with Crippen molar-refractivity contribution in [1.29, 1.82) is 0 Å². The topological polar surface area (TPSA) is 89.6 Å². The summed E-state index contributed by atoms with van der Waals surface area (Å²) in [5.41, 5.74) is 1.62. The summed E-state index contributed by atoms with van der Waals surface area (Å²) in [5.74, 6) is -0.792. The van der Waals surface area contributed by atoms with Gasteiger partial charge >= 0.3 is 5.97 Å². The van der Waals surface area contributed by atoms with Gasteiger partial charge in [-0.05, 0) is 25.0 Å². The van der Waals surface area contributed by atoms with Crippen molar-refractivity contribution in [3.8, 4) is 0 Å². The molecule has 0 aliphatic rings. The van der Waals surface area contributed by atoms with Crippen LogP contribution in [0.2, 0.25) is 0 Å². The average molecular weight is 302 g/mol. The van der Waals surface area contributed by atoms with E-state index in [0.29, 0.717) is 26.0 Å². The molecule has 7 nitrogen and oxygen atoms in total. The van der Waals surface area contributed by atoms with Gasteiger partial charge in [-0.15, -0.1) is 0 Å². The number of aliphatic carboxylic acids is 1. The molecule has 2 rings (SSSR count). The lowest BCUT2D eigenvalue weighted by Crippen LogP contribution is -2.11. The van der Waals surface area contributed by atoms with Crippen molar-refractivity contribution in [2.24, 2.45) is 5.16 Å². The van der Waals surface area contributed by atoms with Gasteiger partial charge in [0.25, 0.3) is 0 Å². The summed E-state index contributed by atoms with van der Waals surface area (Å²) in [6, 6.07) is 3.75.